The van der Waals surface area contributed by atoms with Crippen LogP contribution in [-0.4, -0.2) is 44.7 Å². The monoisotopic (exact) mass is 429 g/mol. The zero-order chi connectivity index (χ0) is 22.5. The number of hydrazine groups is 1. The molecule has 2 aromatic carbocycles. The van der Waals surface area contributed by atoms with Crippen molar-refractivity contribution in [2.45, 2.75) is 19.8 Å². The van der Waals surface area contributed by atoms with E-state index in [-0.39, 0.29) is 18.7 Å². The first-order valence-corrected chi connectivity index (χ1v) is 9.85. The number of hydrogen-bond acceptors (Lipinski definition) is 6. The van der Waals surface area contributed by atoms with Gasteiger partial charge in [-0.25, -0.2) is 0 Å². The molecule has 0 atom stereocenters. The average molecular weight is 429 g/mol. The highest BCUT2D eigenvalue weighted by atomic mass is 16.5. The van der Waals surface area contributed by atoms with E-state index in [1.807, 2.05) is 6.92 Å². The predicted octanol–water partition coefficient (Wildman–Crippen LogP) is 2.29. The van der Waals surface area contributed by atoms with Crippen LogP contribution in [0.3, 0.4) is 0 Å². The molecular formula is C22H27N3O6. The second kappa shape index (κ2) is 12.9. The lowest BCUT2D eigenvalue weighted by Gasteiger charge is -2.09. The third kappa shape index (κ3) is 8.75. The van der Waals surface area contributed by atoms with Crippen molar-refractivity contribution in [1.82, 2.24) is 10.9 Å². The molecular weight excluding hydrogens is 402 g/mol. The third-order valence-corrected chi connectivity index (χ3v) is 4.02. The molecule has 3 amide bonds. The Morgan fingerprint density at radius 1 is 0.774 bits per heavy atom. The Kier molecular flexibility index (Phi) is 9.83. The van der Waals surface area contributed by atoms with Crippen molar-refractivity contribution in [2.24, 2.45) is 0 Å². The summed E-state index contributed by atoms with van der Waals surface area (Å²) in [5, 5.41) is 2.70. The van der Waals surface area contributed by atoms with Gasteiger partial charge in [-0.3, -0.25) is 25.2 Å². The molecule has 31 heavy (non-hydrogen) atoms. The van der Waals surface area contributed by atoms with Crippen LogP contribution in [0.25, 0.3) is 0 Å². The van der Waals surface area contributed by atoms with Crippen LogP contribution in [0.4, 0.5) is 5.69 Å². The number of rotatable bonds is 11. The fourth-order valence-corrected chi connectivity index (χ4v) is 2.46. The maximum absolute atomic E-state index is 12.1. The van der Waals surface area contributed by atoms with Gasteiger partial charge in [-0.1, -0.05) is 0 Å². The van der Waals surface area contributed by atoms with Crippen molar-refractivity contribution >= 4 is 23.4 Å². The van der Waals surface area contributed by atoms with E-state index in [4.69, 9.17) is 14.2 Å². The zero-order valence-corrected chi connectivity index (χ0v) is 17.6. The van der Waals surface area contributed by atoms with Crippen molar-refractivity contribution in [3.05, 3.63) is 54.1 Å². The number of benzene rings is 2. The molecule has 9 heteroatoms. The minimum Gasteiger partial charge on any atom is -0.494 e. The lowest BCUT2D eigenvalue weighted by atomic mass is 10.2. The minimum absolute atomic E-state index is 0.0254. The first-order chi connectivity index (χ1) is 15.0. The molecule has 0 bridgehead atoms. The van der Waals surface area contributed by atoms with Gasteiger partial charge in [-0.2, -0.15) is 0 Å². The molecule has 3 N–H and O–H groups in total. The summed E-state index contributed by atoms with van der Waals surface area (Å²) in [6, 6.07) is 13.4. The van der Waals surface area contributed by atoms with E-state index < -0.39 is 11.8 Å². The highest BCUT2D eigenvalue weighted by molar-refractivity contribution is 5.96. The van der Waals surface area contributed by atoms with E-state index in [1.54, 1.807) is 55.6 Å². The molecule has 0 saturated carbocycles. The summed E-state index contributed by atoms with van der Waals surface area (Å²) < 4.78 is 15.7. The normalized spacial score (nSPS) is 10.1. The van der Waals surface area contributed by atoms with Gasteiger partial charge in [0.2, 0.25) is 11.8 Å². The van der Waals surface area contributed by atoms with E-state index in [9.17, 15) is 14.4 Å². The Labute approximate surface area is 181 Å². The van der Waals surface area contributed by atoms with Gasteiger partial charge in [0.25, 0.3) is 5.91 Å². The number of anilines is 1. The summed E-state index contributed by atoms with van der Waals surface area (Å²) in [6.45, 7) is 3.32. The molecule has 0 unspecified atom stereocenters. The fraction of sp³-hybridized carbons (Fsp3) is 0.318. The molecule has 2 rings (SSSR count). The molecule has 0 aromatic heterocycles. The van der Waals surface area contributed by atoms with Crippen molar-refractivity contribution in [3.8, 4) is 11.5 Å². The van der Waals surface area contributed by atoms with Gasteiger partial charge in [0.05, 0.1) is 13.2 Å². The smallest absolute Gasteiger partial charge is 0.269 e. The number of methoxy groups -OCH3 is 1. The first-order valence-electron chi connectivity index (χ1n) is 9.85. The molecule has 0 aliphatic carbocycles. The van der Waals surface area contributed by atoms with Crippen LogP contribution >= 0.6 is 0 Å². The molecule has 2 aromatic rings. The highest BCUT2D eigenvalue weighted by Gasteiger charge is 2.10. The molecule has 9 nitrogen and oxygen atoms in total. The third-order valence-electron chi connectivity index (χ3n) is 4.02. The molecule has 0 fully saturated rings. The number of nitrogens with one attached hydrogen (secondary N) is 3. The van der Waals surface area contributed by atoms with Crippen LogP contribution in [0.2, 0.25) is 0 Å². The van der Waals surface area contributed by atoms with Crippen LogP contribution in [0, 0.1) is 0 Å². The van der Waals surface area contributed by atoms with Gasteiger partial charge in [0.1, 0.15) is 18.1 Å². The Morgan fingerprint density at radius 2 is 1.39 bits per heavy atom. The first kappa shape index (κ1) is 23.7. The van der Waals surface area contributed by atoms with E-state index in [2.05, 4.69) is 16.2 Å². The zero-order valence-electron chi connectivity index (χ0n) is 17.6. The molecule has 0 saturated heterocycles. The van der Waals surface area contributed by atoms with Crippen molar-refractivity contribution < 1.29 is 28.6 Å². The summed E-state index contributed by atoms with van der Waals surface area (Å²) in [6.07, 6.45) is -0.0994. The van der Waals surface area contributed by atoms with E-state index in [0.717, 1.165) is 0 Å². The van der Waals surface area contributed by atoms with Gasteiger partial charge in [-0.05, 0) is 55.5 Å². The minimum atomic E-state index is -0.477. The van der Waals surface area contributed by atoms with Gasteiger partial charge in [0, 0.05) is 31.2 Å². The van der Waals surface area contributed by atoms with Crippen LogP contribution in [0.1, 0.15) is 30.1 Å². The molecule has 0 aliphatic rings. The SMILES string of the molecule is CCOc1ccc(NC(=O)CCC(=O)NNC(=O)c2ccc(OCCOC)cc2)cc1. The lowest BCUT2D eigenvalue weighted by molar-refractivity contribution is -0.124. The molecule has 0 aliphatic heterocycles. The maximum Gasteiger partial charge on any atom is 0.269 e. The lowest BCUT2D eigenvalue weighted by Crippen LogP contribution is -2.41. The van der Waals surface area contributed by atoms with Gasteiger partial charge in [0.15, 0.2) is 0 Å². The summed E-state index contributed by atoms with van der Waals surface area (Å²) in [7, 11) is 1.58. The van der Waals surface area contributed by atoms with E-state index in [0.29, 0.717) is 42.6 Å². The molecule has 0 spiro atoms. The van der Waals surface area contributed by atoms with Crippen LogP contribution in [0.15, 0.2) is 48.5 Å². The Bertz CT molecular complexity index is 853. The number of carbonyl (C=O) groups excluding carboxylic acids is 3. The summed E-state index contributed by atoms with van der Waals surface area (Å²) in [5.74, 6) is 0.0556. The van der Waals surface area contributed by atoms with Crippen LogP contribution in [-0.2, 0) is 14.3 Å². The fourth-order valence-electron chi connectivity index (χ4n) is 2.46. The second-order valence-corrected chi connectivity index (χ2v) is 6.37. The summed E-state index contributed by atoms with van der Waals surface area (Å²) >= 11 is 0. The molecule has 0 radical (unpaired) electrons. The number of ether oxygens (including phenoxy) is 3. The quantitative estimate of drug-likeness (QED) is 0.373. The summed E-state index contributed by atoms with van der Waals surface area (Å²) in [5.41, 5.74) is 5.58. The average Bonchev–Trinajstić information content (AvgIpc) is 2.78. The van der Waals surface area contributed by atoms with Crippen molar-refractivity contribution in [3.63, 3.8) is 0 Å². The van der Waals surface area contributed by atoms with Gasteiger partial charge in [-0.15, -0.1) is 0 Å². The Morgan fingerprint density at radius 3 is 2.03 bits per heavy atom. The maximum atomic E-state index is 12.1. The van der Waals surface area contributed by atoms with E-state index in [1.165, 1.54) is 0 Å². The second-order valence-electron chi connectivity index (χ2n) is 6.37. The van der Waals surface area contributed by atoms with Crippen LogP contribution < -0.4 is 25.6 Å². The van der Waals surface area contributed by atoms with Gasteiger partial charge < -0.3 is 19.5 Å². The number of amides is 3. The van der Waals surface area contributed by atoms with Crippen molar-refractivity contribution in [2.75, 3.05) is 32.2 Å². The van der Waals surface area contributed by atoms with E-state index >= 15 is 0 Å². The number of carbonyl (C=O) groups is 3. The van der Waals surface area contributed by atoms with Crippen molar-refractivity contribution in [1.29, 1.82) is 0 Å². The molecule has 166 valence electrons. The van der Waals surface area contributed by atoms with Gasteiger partial charge >= 0.3 is 0 Å². The largest absolute Gasteiger partial charge is 0.494 e. The Hall–Kier alpha value is -3.59. The Balaban J connectivity index is 1.68. The standard InChI is InChI=1S/C22H27N3O6/c1-3-30-18-10-6-17(7-11-18)23-20(26)12-13-21(27)24-25-22(28)16-4-8-19(9-5-16)31-15-14-29-2/h4-11H,3,12-15H2,1-2H3,(H,23,26)(H,24,27)(H,25,28). The summed E-state index contributed by atoms with van der Waals surface area (Å²) in [4.78, 5) is 36.0. The predicted molar refractivity (Wildman–Crippen MR) is 115 cm³/mol. The van der Waals surface area contributed by atoms with Crippen LogP contribution in [0.5, 0.6) is 11.5 Å². The topological polar surface area (TPSA) is 115 Å². The highest BCUT2D eigenvalue weighted by Crippen LogP contribution is 2.16. The molecule has 0 heterocycles. The number of hydrogen-bond donors (Lipinski definition) is 3.